The standard InChI is InChI=1S/C13H15ClN4O2/c1-2-20-12-5-3-4-11(14)10(12)8-17-13(19)18(16-15-17)9-6-7-9/h3-5,9H,2,6-8H2,1H3. The van der Waals surface area contributed by atoms with Crippen LogP contribution in [0.4, 0.5) is 0 Å². The van der Waals surface area contributed by atoms with Crippen LogP contribution in [0.2, 0.25) is 5.02 Å². The maximum atomic E-state index is 12.2. The van der Waals surface area contributed by atoms with Crippen LogP contribution >= 0.6 is 11.6 Å². The van der Waals surface area contributed by atoms with Gasteiger partial charge in [0, 0.05) is 10.6 Å². The van der Waals surface area contributed by atoms with Crippen molar-refractivity contribution >= 4 is 11.6 Å². The van der Waals surface area contributed by atoms with Crippen molar-refractivity contribution < 1.29 is 4.74 Å². The average molecular weight is 295 g/mol. The van der Waals surface area contributed by atoms with Gasteiger partial charge in [-0.3, -0.25) is 0 Å². The third kappa shape index (κ3) is 2.43. The number of hydrogen-bond donors (Lipinski definition) is 0. The van der Waals surface area contributed by atoms with E-state index in [1.54, 1.807) is 6.07 Å². The first kappa shape index (κ1) is 13.2. The van der Waals surface area contributed by atoms with E-state index in [0.29, 0.717) is 17.4 Å². The summed E-state index contributed by atoms with van der Waals surface area (Å²) in [5.74, 6) is 0.674. The number of halogens is 1. The van der Waals surface area contributed by atoms with Gasteiger partial charge in [0.25, 0.3) is 0 Å². The highest BCUT2D eigenvalue weighted by molar-refractivity contribution is 6.31. The van der Waals surface area contributed by atoms with Crippen LogP contribution in [-0.4, -0.2) is 26.4 Å². The lowest BCUT2D eigenvalue weighted by Crippen LogP contribution is -2.25. The zero-order chi connectivity index (χ0) is 14.1. The van der Waals surface area contributed by atoms with E-state index < -0.39 is 0 Å². The zero-order valence-corrected chi connectivity index (χ0v) is 11.9. The second kappa shape index (κ2) is 5.28. The van der Waals surface area contributed by atoms with E-state index in [9.17, 15) is 4.79 Å². The Morgan fingerprint density at radius 1 is 1.40 bits per heavy atom. The first-order chi connectivity index (χ1) is 9.70. The van der Waals surface area contributed by atoms with Gasteiger partial charge >= 0.3 is 5.69 Å². The predicted octanol–water partition coefficient (Wildman–Crippen LogP) is 1.88. The molecule has 1 fully saturated rings. The van der Waals surface area contributed by atoms with Crippen LogP contribution in [0.5, 0.6) is 5.75 Å². The van der Waals surface area contributed by atoms with Gasteiger partial charge in [0.1, 0.15) is 5.75 Å². The summed E-state index contributed by atoms with van der Waals surface area (Å²) in [4.78, 5) is 12.2. The molecule has 0 aliphatic heterocycles. The second-order valence-electron chi connectivity index (χ2n) is 4.74. The summed E-state index contributed by atoms with van der Waals surface area (Å²) in [6, 6.07) is 5.64. The Kier molecular flexibility index (Phi) is 3.48. The van der Waals surface area contributed by atoms with Gasteiger partial charge in [0.2, 0.25) is 0 Å². The van der Waals surface area contributed by atoms with Crippen LogP contribution in [-0.2, 0) is 6.54 Å². The highest BCUT2D eigenvalue weighted by Gasteiger charge is 2.28. The molecule has 0 atom stereocenters. The van der Waals surface area contributed by atoms with E-state index in [1.807, 2.05) is 19.1 Å². The molecule has 6 nitrogen and oxygen atoms in total. The summed E-state index contributed by atoms with van der Waals surface area (Å²) >= 11 is 6.20. The van der Waals surface area contributed by atoms with Gasteiger partial charge in [-0.15, -0.1) is 0 Å². The molecule has 2 aromatic rings. The van der Waals surface area contributed by atoms with E-state index in [-0.39, 0.29) is 18.3 Å². The topological polar surface area (TPSA) is 61.9 Å². The quantitative estimate of drug-likeness (QED) is 0.844. The van der Waals surface area contributed by atoms with Crippen molar-refractivity contribution in [1.29, 1.82) is 0 Å². The largest absolute Gasteiger partial charge is 0.493 e. The summed E-state index contributed by atoms with van der Waals surface area (Å²) in [6.07, 6.45) is 1.99. The fourth-order valence-corrected chi connectivity index (χ4v) is 2.29. The van der Waals surface area contributed by atoms with Gasteiger partial charge in [-0.25, -0.2) is 4.79 Å². The zero-order valence-electron chi connectivity index (χ0n) is 11.1. The van der Waals surface area contributed by atoms with E-state index in [0.717, 1.165) is 18.4 Å². The number of ether oxygens (including phenoxy) is 1. The molecule has 0 spiro atoms. The molecule has 7 heteroatoms. The van der Waals surface area contributed by atoms with E-state index in [1.165, 1.54) is 9.36 Å². The van der Waals surface area contributed by atoms with Gasteiger partial charge in [0.15, 0.2) is 0 Å². The van der Waals surface area contributed by atoms with Crippen LogP contribution in [0.3, 0.4) is 0 Å². The lowest BCUT2D eigenvalue weighted by Gasteiger charge is -2.10. The van der Waals surface area contributed by atoms with Crippen LogP contribution in [0.15, 0.2) is 23.0 Å². The van der Waals surface area contributed by atoms with Crippen LogP contribution < -0.4 is 10.4 Å². The minimum absolute atomic E-state index is 0.199. The van der Waals surface area contributed by atoms with Crippen molar-refractivity contribution in [3.63, 3.8) is 0 Å². The number of rotatable bonds is 5. The first-order valence-electron chi connectivity index (χ1n) is 6.63. The molecule has 0 amide bonds. The number of nitrogens with zero attached hydrogens (tertiary/aromatic N) is 4. The molecular formula is C13H15ClN4O2. The molecule has 1 aromatic carbocycles. The second-order valence-corrected chi connectivity index (χ2v) is 5.15. The lowest BCUT2D eigenvalue weighted by atomic mass is 10.2. The average Bonchev–Trinajstić information content (AvgIpc) is 3.20. The first-order valence-corrected chi connectivity index (χ1v) is 7.01. The Hall–Kier alpha value is -1.82. The summed E-state index contributed by atoms with van der Waals surface area (Å²) in [5, 5.41) is 8.39. The highest BCUT2D eigenvalue weighted by atomic mass is 35.5. The van der Waals surface area contributed by atoms with E-state index in [2.05, 4.69) is 10.4 Å². The van der Waals surface area contributed by atoms with Gasteiger partial charge in [-0.1, -0.05) is 17.7 Å². The van der Waals surface area contributed by atoms with E-state index >= 15 is 0 Å². The fourth-order valence-electron chi connectivity index (χ4n) is 2.07. The van der Waals surface area contributed by atoms with E-state index in [4.69, 9.17) is 16.3 Å². The molecule has 0 radical (unpaired) electrons. The summed E-state index contributed by atoms with van der Waals surface area (Å²) in [6.45, 7) is 2.71. The number of hydrogen-bond acceptors (Lipinski definition) is 4. The summed E-state index contributed by atoms with van der Waals surface area (Å²) in [5.41, 5.74) is 0.552. The highest BCUT2D eigenvalue weighted by Crippen LogP contribution is 2.32. The van der Waals surface area contributed by atoms with Crippen LogP contribution in [0.1, 0.15) is 31.4 Å². The molecule has 106 valence electrons. The van der Waals surface area contributed by atoms with Crippen molar-refractivity contribution in [2.45, 2.75) is 32.4 Å². The molecule has 0 saturated heterocycles. The molecule has 0 unspecified atom stereocenters. The van der Waals surface area contributed by atoms with Crippen molar-refractivity contribution in [1.82, 2.24) is 19.8 Å². The number of tetrazole rings is 1. The Morgan fingerprint density at radius 3 is 2.90 bits per heavy atom. The number of benzene rings is 1. The maximum absolute atomic E-state index is 12.2. The van der Waals surface area contributed by atoms with Crippen molar-refractivity contribution in [2.75, 3.05) is 6.61 Å². The fraction of sp³-hybridized carbons (Fsp3) is 0.462. The van der Waals surface area contributed by atoms with Gasteiger partial charge in [-0.05, 0) is 42.3 Å². The number of aromatic nitrogens is 4. The summed E-state index contributed by atoms with van der Waals surface area (Å²) < 4.78 is 8.30. The van der Waals surface area contributed by atoms with Gasteiger partial charge < -0.3 is 4.74 Å². The Labute approximate surface area is 120 Å². The molecule has 1 heterocycles. The summed E-state index contributed by atoms with van der Waals surface area (Å²) in [7, 11) is 0. The van der Waals surface area contributed by atoms with Crippen molar-refractivity contribution in [3.8, 4) is 5.75 Å². The van der Waals surface area contributed by atoms with Crippen molar-refractivity contribution in [2.24, 2.45) is 0 Å². The molecular weight excluding hydrogens is 280 g/mol. The molecule has 0 N–H and O–H groups in total. The smallest absolute Gasteiger partial charge is 0.364 e. The minimum Gasteiger partial charge on any atom is -0.493 e. The monoisotopic (exact) mass is 294 g/mol. The van der Waals surface area contributed by atoms with Crippen LogP contribution in [0.25, 0.3) is 0 Å². The Morgan fingerprint density at radius 2 is 2.20 bits per heavy atom. The molecule has 1 saturated carbocycles. The minimum atomic E-state index is -0.199. The Balaban J connectivity index is 1.93. The van der Waals surface area contributed by atoms with Crippen LogP contribution in [0, 0.1) is 0 Å². The third-order valence-corrected chi connectivity index (χ3v) is 3.59. The predicted molar refractivity (Wildman–Crippen MR) is 74.3 cm³/mol. The maximum Gasteiger partial charge on any atom is 0.364 e. The molecule has 1 aliphatic rings. The molecule has 1 aliphatic carbocycles. The Bertz CT molecular complexity index is 675. The van der Waals surface area contributed by atoms with Gasteiger partial charge in [0.05, 0.1) is 19.2 Å². The van der Waals surface area contributed by atoms with Gasteiger partial charge in [-0.2, -0.15) is 9.36 Å². The molecule has 1 aromatic heterocycles. The lowest BCUT2D eigenvalue weighted by molar-refractivity contribution is 0.335. The molecule has 3 rings (SSSR count). The SMILES string of the molecule is CCOc1cccc(Cl)c1Cn1nnn(C2CC2)c1=O. The normalized spacial score (nSPS) is 14.5. The molecule has 0 bridgehead atoms. The molecule has 20 heavy (non-hydrogen) atoms. The van der Waals surface area contributed by atoms with Crippen molar-refractivity contribution in [3.05, 3.63) is 39.3 Å². The third-order valence-electron chi connectivity index (χ3n) is 3.24.